The smallest absolute Gasteiger partial charge is 0.247 e. The number of halogens is 1. The zero-order chi connectivity index (χ0) is 14.0. The van der Waals surface area contributed by atoms with E-state index in [1.807, 2.05) is 6.92 Å². The van der Waals surface area contributed by atoms with Gasteiger partial charge in [0.25, 0.3) is 0 Å². The van der Waals surface area contributed by atoms with Gasteiger partial charge in [0, 0.05) is 30.2 Å². The first-order valence-corrected chi connectivity index (χ1v) is 9.38. The predicted molar refractivity (Wildman–Crippen MR) is 79.9 cm³/mol. The molecule has 1 aliphatic heterocycles. The number of rotatable bonds is 4. The van der Waals surface area contributed by atoms with Gasteiger partial charge < -0.3 is 9.73 Å². The Morgan fingerprint density at radius 2 is 2.37 bits per heavy atom. The van der Waals surface area contributed by atoms with Crippen LogP contribution in [0.1, 0.15) is 12.7 Å². The predicted octanol–water partition coefficient (Wildman–Crippen LogP) is 1.89. The normalized spacial score (nSPS) is 21.7. The summed E-state index contributed by atoms with van der Waals surface area (Å²) in [4.78, 5) is 0.219. The second-order valence-corrected chi connectivity index (χ2v) is 8.15. The minimum Gasteiger partial charge on any atom is -0.452 e. The van der Waals surface area contributed by atoms with Crippen LogP contribution in [0.3, 0.4) is 0 Å². The van der Waals surface area contributed by atoms with Gasteiger partial charge in [-0.2, -0.15) is 16.1 Å². The molecule has 0 bridgehead atoms. The molecule has 1 saturated heterocycles. The first kappa shape index (κ1) is 15.4. The van der Waals surface area contributed by atoms with E-state index in [-0.39, 0.29) is 15.6 Å². The van der Waals surface area contributed by atoms with E-state index in [9.17, 15) is 8.42 Å². The molecule has 0 saturated carbocycles. The molecule has 1 unspecified atom stereocenters. The third-order valence-electron chi connectivity index (χ3n) is 2.95. The number of hydrogen-bond acceptors (Lipinski definition) is 5. The van der Waals surface area contributed by atoms with Crippen LogP contribution < -0.4 is 5.32 Å². The van der Waals surface area contributed by atoms with Gasteiger partial charge in [-0.25, -0.2) is 8.42 Å². The fraction of sp³-hybridized carbons (Fsp3) is 0.636. The molecular formula is C11H17BrN2O3S2. The van der Waals surface area contributed by atoms with Gasteiger partial charge in [0.05, 0.1) is 6.54 Å². The maximum atomic E-state index is 12.6. The highest BCUT2D eigenvalue weighted by molar-refractivity contribution is 9.10. The molecule has 1 fully saturated rings. The Morgan fingerprint density at radius 3 is 3.00 bits per heavy atom. The minimum atomic E-state index is -3.49. The number of sulfonamides is 1. The summed E-state index contributed by atoms with van der Waals surface area (Å²) in [5, 5.41) is 2.94. The van der Waals surface area contributed by atoms with Gasteiger partial charge in [-0.3, -0.25) is 0 Å². The molecule has 1 aromatic rings. The monoisotopic (exact) mass is 368 g/mol. The molecule has 1 atom stereocenters. The van der Waals surface area contributed by atoms with Gasteiger partial charge in [0.1, 0.15) is 10.7 Å². The highest BCUT2D eigenvalue weighted by atomic mass is 79.9. The first-order valence-electron chi connectivity index (χ1n) is 5.99. The standard InChI is InChI=1S/C11H17BrN2O3S2/c1-8-7-18-4-3-14(8)19(15,16)10-5-9(6-13-2)17-11(10)12/h5,8,13H,3-4,6-7H2,1-2H3. The van der Waals surface area contributed by atoms with E-state index in [4.69, 9.17) is 4.42 Å². The SMILES string of the molecule is CNCc1cc(S(=O)(=O)N2CCSCC2C)c(Br)o1. The Hall–Kier alpha value is -0.0200. The summed E-state index contributed by atoms with van der Waals surface area (Å²) in [5.41, 5.74) is 0. The lowest BCUT2D eigenvalue weighted by molar-refractivity contribution is 0.366. The molecule has 1 aliphatic rings. The van der Waals surface area contributed by atoms with E-state index in [1.54, 1.807) is 29.2 Å². The van der Waals surface area contributed by atoms with Crippen molar-refractivity contribution < 1.29 is 12.8 Å². The van der Waals surface area contributed by atoms with Gasteiger partial charge in [-0.15, -0.1) is 0 Å². The number of thioether (sulfide) groups is 1. The fourth-order valence-corrected chi connectivity index (χ4v) is 5.85. The Labute approximate surface area is 126 Å². The Bertz CT molecular complexity index is 544. The van der Waals surface area contributed by atoms with Crippen LogP contribution in [0.5, 0.6) is 0 Å². The van der Waals surface area contributed by atoms with Gasteiger partial charge in [-0.1, -0.05) is 0 Å². The molecule has 19 heavy (non-hydrogen) atoms. The van der Waals surface area contributed by atoms with E-state index in [0.29, 0.717) is 18.8 Å². The van der Waals surface area contributed by atoms with Crippen molar-refractivity contribution in [3.05, 3.63) is 16.5 Å². The Balaban J connectivity index is 2.33. The van der Waals surface area contributed by atoms with Crippen LogP contribution in [0.2, 0.25) is 0 Å². The van der Waals surface area contributed by atoms with Crippen LogP contribution in [0, 0.1) is 0 Å². The molecule has 5 nitrogen and oxygen atoms in total. The molecule has 1 aromatic heterocycles. The van der Waals surface area contributed by atoms with E-state index in [2.05, 4.69) is 21.2 Å². The number of furan rings is 1. The zero-order valence-corrected chi connectivity index (χ0v) is 14.1. The van der Waals surface area contributed by atoms with Crippen molar-refractivity contribution in [2.45, 2.75) is 24.4 Å². The largest absolute Gasteiger partial charge is 0.452 e. The van der Waals surface area contributed by atoms with Crippen molar-refractivity contribution >= 4 is 37.7 Å². The highest BCUT2D eigenvalue weighted by Crippen LogP contribution is 2.31. The quantitative estimate of drug-likeness (QED) is 0.878. The van der Waals surface area contributed by atoms with E-state index in [0.717, 1.165) is 11.5 Å². The molecular weight excluding hydrogens is 352 g/mol. The summed E-state index contributed by atoms with van der Waals surface area (Å²) in [6.45, 7) is 2.99. The van der Waals surface area contributed by atoms with Gasteiger partial charge in [0.15, 0.2) is 4.67 Å². The number of nitrogens with zero attached hydrogens (tertiary/aromatic N) is 1. The summed E-state index contributed by atoms with van der Waals surface area (Å²) in [7, 11) is -1.70. The summed E-state index contributed by atoms with van der Waals surface area (Å²) < 4.78 is 32.5. The molecule has 2 heterocycles. The second-order valence-electron chi connectivity index (χ2n) is 4.42. The molecule has 0 amide bonds. The molecule has 0 spiro atoms. The van der Waals surface area contributed by atoms with Gasteiger partial charge >= 0.3 is 0 Å². The van der Waals surface area contributed by atoms with E-state index < -0.39 is 10.0 Å². The third kappa shape index (κ3) is 3.18. The van der Waals surface area contributed by atoms with Crippen molar-refractivity contribution in [2.24, 2.45) is 0 Å². The van der Waals surface area contributed by atoms with Crippen molar-refractivity contribution in [2.75, 3.05) is 25.1 Å². The summed E-state index contributed by atoms with van der Waals surface area (Å²) >= 11 is 4.99. The van der Waals surface area contributed by atoms with E-state index in [1.165, 1.54) is 0 Å². The molecule has 1 N–H and O–H groups in total. The minimum absolute atomic E-state index is 0.0123. The summed E-state index contributed by atoms with van der Waals surface area (Å²) in [5.74, 6) is 2.27. The third-order valence-corrected chi connectivity index (χ3v) is 7.01. The van der Waals surface area contributed by atoms with Gasteiger partial charge in [0.2, 0.25) is 10.0 Å². The average Bonchev–Trinajstić information content (AvgIpc) is 2.72. The lowest BCUT2D eigenvalue weighted by Crippen LogP contribution is -2.44. The maximum Gasteiger partial charge on any atom is 0.247 e. The maximum absolute atomic E-state index is 12.6. The average molecular weight is 369 g/mol. The van der Waals surface area contributed by atoms with Crippen molar-refractivity contribution in [3.8, 4) is 0 Å². The van der Waals surface area contributed by atoms with Crippen LogP contribution in [0.4, 0.5) is 0 Å². The van der Waals surface area contributed by atoms with Crippen LogP contribution in [-0.2, 0) is 16.6 Å². The van der Waals surface area contributed by atoms with Crippen LogP contribution in [0.15, 0.2) is 20.0 Å². The number of nitrogens with one attached hydrogen (secondary N) is 1. The van der Waals surface area contributed by atoms with E-state index >= 15 is 0 Å². The molecule has 8 heteroatoms. The lowest BCUT2D eigenvalue weighted by atomic mass is 10.4. The molecule has 108 valence electrons. The lowest BCUT2D eigenvalue weighted by Gasteiger charge is -2.31. The second kappa shape index (κ2) is 6.17. The van der Waals surface area contributed by atoms with Crippen LogP contribution in [-0.4, -0.2) is 43.9 Å². The molecule has 0 aliphatic carbocycles. The topological polar surface area (TPSA) is 62.6 Å². The molecule has 2 rings (SSSR count). The first-order chi connectivity index (χ1) is 8.96. The molecule has 0 radical (unpaired) electrons. The van der Waals surface area contributed by atoms with Crippen molar-refractivity contribution in [1.82, 2.24) is 9.62 Å². The zero-order valence-electron chi connectivity index (χ0n) is 10.8. The molecule has 0 aromatic carbocycles. The number of hydrogen-bond donors (Lipinski definition) is 1. The Kier molecular flexibility index (Phi) is 4.99. The summed E-state index contributed by atoms with van der Waals surface area (Å²) in [6, 6.07) is 1.60. The highest BCUT2D eigenvalue weighted by Gasteiger charge is 2.34. The van der Waals surface area contributed by atoms with Crippen molar-refractivity contribution in [1.29, 1.82) is 0 Å². The van der Waals surface area contributed by atoms with Crippen molar-refractivity contribution in [3.63, 3.8) is 0 Å². The Morgan fingerprint density at radius 1 is 1.63 bits per heavy atom. The van der Waals surface area contributed by atoms with Gasteiger partial charge in [-0.05, 0) is 29.9 Å². The van der Waals surface area contributed by atoms with Crippen LogP contribution in [0.25, 0.3) is 0 Å². The fourth-order valence-electron chi connectivity index (χ4n) is 2.03. The van der Waals surface area contributed by atoms with Crippen LogP contribution >= 0.6 is 27.7 Å². The summed E-state index contributed by atoms with van der Waals surface area (Å²) in [6.07, 6.45) is 0.